The second-order valence-corrected chi connectivity index (χ2v) is 5.53. The predicted octanol–water partition coefficient (Wildman–Crippen LogP) is 5.94. The van der Waals surface area contributed by atoms with E-state index in [0.717, 1.165) is 22.6 Å². The van der Waals surface area contributed by atoms with Crippen LogP contribution in [-0.2, 0) is 12.4 Å². The minimum absolute atomic E-state index is 0.000934. The first-order valence-corrected chi connectivity index (χ1v) is 6.35. The summed E-state index contributed by atoms with van der Waals surface area (Å²) in [5.74, 6) is 0. The van der Waals surface area contributed by atoms with Gasteiger partial charge in [0.1, 0.15) is 0 Å². The van der Waals surface area contributed by atoms with E-state index in [4.69, 9.17) is 0 Å². The molecule has 0 saturated carbocycles. The van der Waals surface area contributed by atoms with Crippen molar-refractivity contribution in [1.29, 1.82) is 0 Å². The van der Waals surface area contributed by atoms with Crippen molar-refractivity contribution in [3.05, 3.63) is 26.8 Å². The van der Waals surface area contributed by atoms with Gasteiger partial charge in [-0.1, -0.05) is 0 Å². The second-order valence-electron chi connectivity index (χ2n) is 3.34. The van der Waals surface area contributed by atoms with E-state index < -0.39 is 49.2 Å². The molecule has 0 aliphatic heterocycles. The van der Waals surface area contributed by atoms with E-state index >= 15 is 0 Å². The predicted molar refractivity (Wildman–Crippen MR) is 61.1 cm³/mol. The fourth-order valence-electron chi connectivity index (χ4n) is 1.27. The molecule has 0 unspecified atom stereocenters. The molecule has 0 radical (unpaired) electrons. The standard InChI is InChI=1S/C9H2F9IS/c10-7(11,12)3-1-2-4(20-9(16,17)18)6(19)5(3)8(13,14)15/h1-2H. The quantitative estimate of drug-likeness (QED) is 0.296. The maximum atomic E-state index is 12.7. The third-order valence-electron chi connectivity index (χ3n) is 1.92. The molecule has 1 rings (SSSR count). The maximum absolute atomic E-state index is 12.7. The molecule has 20 heavy (non-hydrogen) atoms. The van der Waals surface area contributed by atoms with E-state index in [1.807, 2.05) is 0 Å². The van der Waals surface area contributed by atoms with Crippen LogP contribution in [0.4, 0.5) is 39.5 Å². The SMILES string of the molecule is FC(F)(F)Sc1ccc(C(F)(F)F)c(C(F)(F)F)c1I. The smallest absolute Gasteiger partial charge is 0.166 e. The zero-order valence-corrected chi connectivity index (χ0v) is 11.8. The molecule has 0 fully saturated rings. The maximum Gasteiger partial charge on any atom is 0.446 e. The first-order valence-electron chi connectivity index (χ1n) is 4.46. The molecular weight excluding hydrogens is 438 g/mol. The van der Waals surface area contributed by atoms with Crippen molar-refractivity contribution in [3.8, 4) is 0 Å². The molecule has 0 saturated heterocycles. The molecule has 0 heterocycles. The molecule has 11 heteroatoms. The number of hydrogen-bond acceptors (Lipinski definition) is 1. The number of benzene rings is 1. The third kappa shape index (κ3) is 4.33. The van der Waals surface area contributed by atoms with Crippen LogP contribution in [0.15, 0.2) is 17.0 Å². The van der Waals surface area contributed by atoms with Crippen LogP contribution in [0.3, 0.4) is 0 Å². The summed E-state index contributed by atoms with van der Waals surface area (Å²) in [6.07, 6.45) is -10.7. The molecule has 114 valence electrons. The number of rotatable bonds is 1. The third-order valence-corrected chi connectivity index (χ3v) is 4.20. The molecule has 1 aromatic carbocycles. The lowest BCUT2D eigenvalue weighted by molar-refractivity contribution is -0.162. The highest BCUT2D eigenvalue weighted by Crippen LogP contribution is 2.47. The lowest BCUT2D eigenvalue weighted by Crippen LogP contribution is -2.19. The lowest BCUT2D eigenvalue weighted by atomic mass is 10.1. The van der Waals surface area contributed by atoms with Gasteiger partial charge in [-0.05, 0) is 46.5 Å². The summed E-state index contributed by atoms with van der Waals surface area (Å²) in [4.78, 5) is -0.932. The van der Waals surface area contributed by atoms with Crippen molar-refractivity contribution in [3.63, 3.8) is 0 Å². The van der Waals surface area contributed by atoms with E-state index in [-0.39, 0.29) is 6.07 Å². The molecule has 0 nitrogen and oxygen atoms in total. The van der Waals surface area contributed by atoms with Gasteiger partial charge in [-0.25, -0.2) is 0 Å². The molecule has 0 aliphatic rings. The Morgan fingerprint density at radius 2 is 1.30 bits per heavy atom. The monoisotopic (exact) mass is 440 g/mol. The topological polar surface area (TPSA) is 0 Å². The average molecular weight is 440 g/mol. The van der Waals surface area contributed by atoms with Gasteiger partial charge < -0.3 is 0 Å². The van der Waals surface area contributed by atoms with Crippen molar-refractivity contribution in [2.24, 2.45) is 0 Å². The van der Waals surface area contributed by atoms with Gasteiger partial charge in [0, 0.05) is 8.47 Å². The normalized spacial score (nSPS) is 13.7. The largest absolute Gasteiger partial charge is 0.446 e. The molecule has 0 N–H and O–H groups in total. The highest BCUT2D eigenvalue weighted by molar-refractivity contribution is 14.1. The molecule has 0 aromatic heterocycles. The molecule has 0 atom stereocenters. The zero-order valence-electron chi connectivity index (χ0n) is 8.84. The van der Waals surface area contributed by atoms with E-state index in [9.17, 15) is 39.5 Å². The molecule has 0 bridgehead atoms. The Labute approximate surface area is 123 Å². The van der Waals surface area contributed by atoms with Crippen molar-refractivity contribution < 1.29 is 39.5 Å². The Morgan fingerprint density at radius 1 is 0.800 bits per heavy atom. The average Bonchev–Trinajstić information content (AvgIpc) is 2.15. The van der Waals surface area contributed by atoms with Crippen LogP contribution in [0, 0.1) is 3.57 Å². The first-order chi connectivity index (χ1) is 8.73. The van der Waals surface area contributed by atoms with E-state index in [2.05, 4.69) is 0 Å². The zero-order chi connectivity index (χ0) is 15.9. The van der Waals surface area contributed by atoms with E-state index in [0.29, 0.717) is 6.07 Å². The van der Waals surface area contributed by atoms with Crippen molar-refractivity contribution in [2.45, 2.75) is 22.8 Å². The second kappa shape index (κ2) is 5.46. The van der Waals surface area contributed by atoms with Gasteiger partial charge in [0.25, 0.3) is 0 Å². The van der Waals surface area contributed by atoms with Gasteiger partial charge in [0.05, 0.1) is 11.1 Å². The Morgan fingerprint density at radius 3 is 1.65 bits per heavy atom. The number of hydrogen-bond donors (Lipinski definition) is 0. The number of thioether (sulfide) groups is 1. The van der Waals surface area contributed by atoms with Gasteiger partial charge >= 0.3 is 17.9 Å². The Hall–Kier alpha value is -0.330. The first kappa shape index (κ1) is 17.7. The van der Waals surface area contributed by atoms with Gasteiger partial charge in [-0.2, -0.15) is 39.5 Å². The van der Waals surface area contributed by atoms with Crippen molar-refractivity contribution in [1.82, 2.24) is 0 Å². The van der Waals surface area contributed by atoms with Gasteiger partial charge in [0.15, 0.2) is 0 Å². The molecule has 0 aliphatic carbocycles. The highest BCUT2D eigenvalue weighted by Gasteiger charge is 2.46. The fraction of sp³-hybridized carbons (Fsp3) is 0.333. The van der Waals surface area contributed by atoms with Crippen LogP contribution < -0.4 is 0 Å². The Bertz CT molecular complexity index is 500. The fourth-order valence-corrected chi connectivity index (χ4v) is 2.96. The van der Waals surface area contributed by atoms with Crippen LogP contribution in [-0.4, -0.2) is 5.51 Å². The lowest BCUT2D eigenvalue weighted by Gasteiger charge is -2.19. The van der Waals surface area contributed by atoms with Gasteiger partial charge in [0.2, 0.25) is 0 Å². The Balaban J connectivity index is 3.52. The van der Waals surface area contributed by atoms with Crippen LogP contribution in [0.25, 0.3) is 0 Å². The minimum atomic E-state index is -5.41. The minimum Gasteiger partial charge on any atom is -0.166 e. The summed E-state index contributed by atoms with van der Waals surface area (Å²) >= 11 is -0.0669. The van der Waals surface area contributed by atoms with Gasteiger partial charge in [-0.15, -0.1) is 0 Å². The summed E-state index contributed by atoms with van der Waals surface area (Å²) in [5.41, 5.74) is -9.02. The van der Waals surface area contributed by atoms with Crippen LogP contribution in [0.5, 0.6) is 0 Å². The Kier molecular flexibility index (Phi) is 4.84. The molecular formula is C9H2F9IS. The van der Waals surface area contributed by atoms with E-state index in [1.165, 1.54) is 0 Å². The molecule has 1 aromatic rings. The van der Waals surface area contributed by atoms with Crippen LogP contribution in [0.2, 0.25) is 0 Å². The van der Waals surface area contributed by atoms with Crippen LogP contribution >= 0.6 is 34.4 Å². The van der Waals surface area contributed by atoms with Gasteiger partial charge in [-0.3, -0.25) is 0 Å². The summed E-state index contributed by atoms with van der Waals surface area (Å²) in [6.45, 7) is 0. The van der Waals surface area contributed by atoms with E-state index in [1.54, 1.807) is 0 Å². The highest BCUT2D eigenvalue weighted by atomic mass is 127. The molecule has 0 amide bonds. The summed E-state index contributed by atoms with van der Waals surface area (Å²) in [6, 6.07) is 0.372. The summed E-state index contributed by atoms with van der Waals surface area (Å²) in [7, 11) is 0. The number of halogens is 10. The van der Waals surface area contributed by atoms with Crippen LogP contribution in [0.1, 0.15) is 11.1 Å². The molecule has 0 spiro atoms. The van der Waals surface area contributed by atoms with Crippen molar-refractivity contribution in [2.75, 3.05) is 0 Å². The van der Waals surface area contributed by atoms with Crippen molar-refractivity contribution >= 4 is 34.4 Å². The summed E-state index contributed by atoms with van der Waals surface area (Å²) < 4.78 is 111. The number of alkyl halides is 9. The summed E-state index contributed by atoms with van der Waals surface area (Å²) in [5, 5.41) is 0.